The van der Waals surface area contributed by atoms with Crippen molar-refractivity contribution < 1.29 is 49.0 Å². The van der Waals surface area contributed by atoms with Gasteiger partial charge in [-0.1, -0.05) is 76.2 Å². The number of hydrogen-bond donors (Lipinski definition) is 5. The van der Waals surface area contributed by atoms with E-state index >= 15 is 0 Å². The molecule has 11 heteroatoms. The number of amides is 1. The number of aliphatic hydroxyl groups is 4. The zero-order chi connectivity index (χ0) is 36.6. The lowest BCUT2D eigenvalue weighted by Crippen LogP contribution is -2.83. The quantitative estimate of drug-likeness (QED) is 0.215. The summed E-state index contributed by atoms with van der Waals surface area (Å²) in [5, 5.41) is 51.7. The van der Waals surface area contributed by atoms with Gasteiger partial charge in [-0.25, -0.2) is 4.79 Å². The number of hydrogen-bond acceptors (Lipinski definition) is 10. The fourth-order valence-corrected chi connectivity index (χ4v) is 9.95. The summed E-state index contributed by atoms with van der Waals surface area (Å²) in [6.45, 7) is 10.3. The van der Waals surface area contributed by atoms with Crippen LogP contribution in [0.1, 0.15) is 76.3 Å². The van der Waals surface area contributed by atoms with E-state index in [1.807, 2.05) is 0 Å². The van der Waals surface area contributed by atoms with Crippen molar-refractivity contribution in [3.05, 3.63) is 82.9 Å². The average Bonchev–Trinajstić information content (AvgIpc) is 3.10. The van der Waals surface area contributed by atoms with Gasteiger partial charge in [0.15, 0.2) is 11.9 Å². The smallest absolute Gasteiger partial charge is 0.338 e. The van der Waals surface area contributed by atoms with Crippen molar-refractivity contribution in [3.8, 4) is 0 Å². The summed E-state index contributed by atoms with van der Waals surface area (Å²) in [6, 6.07) is 15.7. The molecule has 1 heterocycles. The van der Waals surface area contributed by atoms with E-state index in [1.165, 1.54) is 7.11 Å². The fourth-order valence-electron chi connectivity index (χ4n) is 9.95. The van der Waals surface area contributed by atoms with E-state index in [9.17, 15) is 34.8 Å². The molecule has 3 fully saturated rings. The van der Waals surface area contributed by atoms with Gasteiger partial charge < -0.3 is 40.0 Å². The normalized spacial score (nSPS) is 38.7. The zero-order valence-electron chi connectivity index (χ0n) is 29.7. The van der Waals surface area contributed by atoms with Gasteiger partial charge in [-0.2, -0.15) is 0 Å². The second kappa shape index (κ2) is 12.4. The number of aliphatic hydroxyl groups excluding tert-OH is 2. The lowest BCUT2D eigenvalue weighted by Gasteiger charge is -2.72. The molecule has 0 aromatic heterocycles. The first kappa shape index (κ1) is 36.3. The number of ether oxygens (including phenoxy) is 3. The summed E-state index contributed by atoms with van der Waals surface area (Å²) < 4.78 is 17.7. The van der Waals surface area contributed by atoms with Crippen LogP contribution in [0.25, 0.3) is 0 Å². The first-order valence-electron chi connectivity index (χ1n) is 17.2. The molecule has 2 aromatic rings. The molecule has 3 aliphatic carbocycles. The Kier molecular flexibility index (Phi) is 8.98. The van der Waals surface area contributed by atoms with Crippen LogP contribution in [-0.4, -0.2) is 93.5 Å². The maximum Gasteiger partial charge on any atom is 0.338 e. The Morgan fingerprint density at radius 1 is 0.980 bits per heavy atom. The Morgan fingerprint density at radius 3 is 2.14 bits per heavy atom. The molecule has 1 aliphatic heterocycles. The minimum atomic E-state index is -1.86. The number of Topliss-reactive ketones (excluding diaryl/α,β-unsaturated/α-hetero) is 1. The maximum atomic E-state index is 14.7. The van der Waals surface area contributed by atoms with Crippen LogP contribution in [0, 0.1) is 22.2 Å². The van der Waals surface area contributed by atoms with Crippen molar-refractivity contribution in [2.45, 2.75) is 102 Å². The highest BCUT2D eigenvalue weighted by Crippen LogP contribution is 2.70. The van der Waals surface area contributed by atoms with Gasteiger partial charge in [0, 0.05) is 36.3 Å². The number of fused-ring (bicyclic) bond motifs is 5. The monoisotopic (exact) mass is 691 g/mol. The summed E-state index contributed by atoms with van der Waals surface area (Å²) in [6.07, 6.45) is -6.10. The predicted octanol–water partition coefficient (Wildman–Crippen LogP) is 3.05. The molecule has 9 unspecified atom stereocenters. The third-order valence-electron chi connectivity index (χ3n) is 13.4. The highest BCUT2D eigenvalue weighted by Gasteiger charge is 2.79. The Labute approximate surface area is 292 Å². The maximum absolute atomic E-state index is 14.7. The van der Waals surface area contributed by atoms with Crippen LogP contribution in [0.15, 0.2) is 71.8 Å². The van der Waals surface area contributed by atoms with Gasteiger partial charge in [-0.15, -0.1) is 0 Å². The van der Waals surface area contributed by atoms with Gasteiger partial charge in [0.2, 0.25) is 0 Å². The number of ketones is 1. The van der Waals surface area contributed by atoms with Crippen molar-refractivity contribution in [2.75, 3.05) is 13.7 Å². The third-order valence-corrected chi connectivity index (χ3v) is 13.4. The first-order valence-corrected chi connectivity index (χ1v) is 17.2. The summed E-state index contributed by atoms with van der Waals surface area (Å²) in [5.74, 6) is -2.98. The molecule has 270 valence electrons. The molecule has 4 aliphatic rings. The van der Waals surface area contributed by atoms with Crippen molar-refractivity contribution in [3.63, 3.8) is 0 Å². The molecule has 6 rings (SSSR count). The largest absolute Gasteiger partial charge is 0.456 e. The summed E-state index contributed by atoms with van der Waals surface area (Å²) in [7, 11) is 1.48. The molecule has 0 radical (unpaired) electrons. The van der Waals surface area contributed by atoms with Crippen molar-refractivity contribution >= 4 is 17.7 Å². The first-order chi connectivity index (χ1) is 23.4. The highest BCUT2D eigenvalue weighted by atomic mass is 16.6. The van der Waals surface area contributed by atoms with E-state index in [0.717, 1.165) is 0 Å². The number of methoxy groups -OCH3 is 1. The predicted molar refractivity (Wildman–Crippen MR) is 182 cm³/mol. The zero-order valence-corrected chi connectivity index (χ0v) is 29.7. The van der Waals surface area contributed by atoms with E-state index in [0.29, 0.717) is 16.7 Å². The second-order valence-electron chi connectivity index (χ2n) is 15.5. The number of benzene rings is 2. The van der Waals surface area contributed by atoms with Crippen LogP contribution in [0.3, 0.4) is 0 Å². The molecule has 2 aromatic carbocycles. The lowest BCUT2D eigenvalue weighted by atomic mass is 9.36. The minimum Gasteiger partial charge on any atom is -0.456 e. The van der Waals surface area contributed by atoms with Crippen molar-refractivity contribution in [1.29, 1.82) is 0 Å². The van der Waals surface area contributed by atoms with Crippen LogP contribution in [0.4, 0.5) is 0 Å². The Bertz CT molecular complexity index is 1690. The molecule has 2 bridgehead atoms. The molecular formula is C39H49NO10. The third kappa shape index (κ3) is 4.81. The molecule has 11 atom stereocenters. The molecule has 50 heavy (non-hydrogen) atoms. The van der Waals surface area contributed by atoms with Gasteiger partial charge in [-0.3, -0.25) is 9.59 Å². The van der Waals surface area contributed by atoms with Crippen molar-refractivity contribution in [2.24, 2.45) is 22.2 Å². The van der Waals surface area contributed by atoms with Gasteiger partial charge in [0.1, 0.15) is 17.8 Å². The highest BCUT2D eigenvalue weighted by molar-refractivity contribution is 5.95. The number of nitrogens with one attached hydrogen (secondary N) is 1. The van der Waals surface area contributed by atoms with Crippen LogP contribution in [0.2, 0.25) is 0 Å². The van der Waals surface area contributed by atoms with E-state index in [4.69, 9.17) is 14.2 Å². The van der Waals surface area contributed by atoms with E-state index in [1.54, 1.807) is 102 Å². The van der Waals surface area contributed by atoms with Crippen LogP contribution >= 0.6 is 0 Å². The lowest BCUT2D eigenvalue weighted by molar-refractivity contribution is -0.373. The van der Waals surface area contributed by atoms with E-state index in [-0.39, 0.29) is 25.0 Å². The fraction of sp³-hybridized carbons (Fsp3) is 0.564. The van der Waals surface area contributed by atoms with Gasteiger partial charge in [-0.05, 0) is 48.6 Å². The van der Waals surface area contributed by atoms with E-state index in [2.05, 4.69) is 5.32 Å². The van der Waals surface area contributed by atoms with Crippen LogP contribution < -0.4 is 5.32 Å². The SMILES string of the molecule is COC1CC2OCC2(O)C2(C)[C@H](C)C3(O)CC(OC(=O)C(O)C(NC(=O)c4ccccc4)c4ccccc4)C(C)=C(C(O)C(=O)[C@]12C)C3(C)C. The molecule has 1 saturated heterocycles. The molecule has 5 N–H and O–H groups in total. The second-order valence-corrected chi connectivity index (χ2v) is 15.5. The standard InChI is InChI=1S/C39H49NO10/c1-21-25(50-34(45)31(42)29(23-14-10-8-11-15-23)40-33(44)24-16-12-9-13-17-24)19-38(46)22(2)37(6)36(5,32(43)30(41)28(21)35(38,3)4)26(48-7)18-27-39(37,47)20-49-27/h8-17,22,25-27,29-31,41-42,46-47H,18-20H2,1-7H3,(H,40,44)/t22-,25?,26?,27?,29?,30?,31?,36-,37?,38?,39?/m0/s1. The van der Waals surface area contributed by atoms with Crippen LogP contribution in [-0.2, 0) is 23.8 Å². The Balaban J connectivity index is 1.40. The Hall–Kier alpha value is -3.45. The number of esters is 1. The molecule has 1 amide bonds. The number of carbonyl (C=O) groups excluding carboxylic acids is 3. The van der Waals surface area contributed by atoms with Gasteiger partial charge in [0.05, 0.1) is 35.9 Å². The van der Waals surface area contributed by atoms with E-state index < -0.39 is 87.6 Å². The van der Waals surface area contributed by atoms with Crippen molar-refractivity contribution in [1.82, 2.24) is 5.32 Å². The van der Waals surface area contributed by atoms with Gasteiger partial charge >= 0.3 is 5.97 Å². The summed E-state index contributed by atoms with van der Waals surface area (Å²) in [5.41, 5.74) is -5.98. The average molecular weight is 692 g/mol. The van der Waals surface area contributed by atoms with Crippen LogP contribution in [0.5, 0.6) is 0 Å². The molecule has 2 saturated carbocycles. The molecule has 0 spiro atoms. The summed E-state index contributed by atoms with van der Waals surface area (Å²) >= 11 is 0. The number of carbonyl (C=O) groups is 3. The minimum absolute atomic E-state index is 0.0632. The molecular weight excluding hydrogens is 642 g/mol. The molecule has 11 nitrogen and oxygen atoms in total. The van der Waals surface area contributed by atoms with Gasteiger partial charge in [0.25, 0.3) is 5.91 Å². The topological polar surface area (TPSA) is 172 Å². The summed E-state index contributed by atoms with van der Waals surface area (Å²) in [4.78, 5) is 41.9. The number of rotatable bonds is 7. The Morgan fingerprint density at radius 2 is 1.58 bits per heavy atom.